The first-order chi connectivity index (χ1) is 8.49. The van der Waals surface area contributed by atoms with E-state index >= 15 is 0 Å². The summed E-state index contributed by atoms with van der Waals surface area (Å²) in [5.41, 5.74) is 4.38. The second-order valence-electron chi connectivity index (χ2n) is 4.15. The molecule has 2 N–H and O–H groups in total. The lowest BCUT2D eigenvalue weighted by Crippen LogP contribution is -2.10. The van der Waals surface area contributed by atoms with Crippen LogP contribution in [0.25, 0.3) is 0 Å². The minimum Gasteiger partial charge on any atom is -0.488 e. The first-order valence-electron chi connectivity index (χ1n) is 5.50. The molecule has 0 saturated heterocycles. The lowest BCUT2D eigenvalue weighted by molar-refractivity contribution is -0.129. The molecule has 0 aromatic heterocycles. The molecule has 96 valence electrons. The van der Waals surface area contributed by atoms with E-state index in [2.05, 4.69) is 10.5 Å². The summed E-state index contributed by atoms with van der Waals surface area (Å²) in [4.78, 5) is 10.6. The van der Waals surface area contributed by atoms with E-state index in [-0.39, 0.29) is 11.8 Å². The molecule has 5 nitrogen and oxygen atoms in total. The zero-order valence-corrected chi connectivity index (χ0v) is 10.8. The predicted molar refractivity (Wildman–Crippen MR) is 69.6 cm³/mol. The maximum absolute atomic E-state index is 10.6. The van der Waals surface area contributed by atoms with Gasteiger partial charge >= 0.3 is 5.97 Å². The molecule has 18 heavy (non-hydrogen) atoms. The van der Waals surface area contributed by atoms with Gasteiger partial charge in [0.2, 0.25) is 0 Å². The zero-order chi connectivity index (χ0) is 13.3. The van der Waals surface area contributed by atoms with E-state index < -0.39 is 5.97 Å². The quantitative estimate of drug-likeness (QED) is 0.653. The normalized spacial score (nSPS) is 18.2. The van der Waals surface area contributed by atoms with Crippen LogP contribution in [-0.2, 0) is 11.2 Å². The highest BCUT2D eigenvalue weighted by Gasteiger charge is 2.24. The lowest BCUT2D eigenvalue weighted by atomic mass is 10.1. The van der Waals surface area contributed by atoms with Crippen molar-refractivity contribution in [3.05, 3.63) is 22.7 Å². The fourth-order valence-electron chi connectivity index (χ4n) is 1.76. The number of halogens is 1. The van der Waals surface area contributed by atoms with Gasteiger partial charge in [-0.25, -0.2) is 4.79 Å². The smallest absolute Gasteiger partial charge is 0.351 e. The fraction of sp³-hybridized carbons (Fsp3) is 0.333. The van der Waals surface area contributed by atoms with Gasteiger partial charge in [0.05, 0.1) is 10.7 Å². The molecule has 1 aliphatic heterocycles. The molecule has 1 unspecified atom stereocenters. The molecule has 0 aliphatic carbocycles. The Kier molecular flexibility index (Phi) is 3.43. The summed E-state index contributed by atoms with van der Waals surface area (Å²) in [7, 11) is 0. The summed E-state index contributed by atoms with van der Waals surface area (Å²) in [5, 5.41) is 13.1. The van der Waals surface area contributed by atoms with Crippen LogP contribution >= 0.6 is 11.6 Å². The van der Waals surface area contributed by atoms with Gasteiger partial charge in [0.15, 0.2) is 0 Å². The average molecular weight is 269 g/mol. The molecule has 1 aromatic rings. The Morgan fingerprint density at radius 3 is 3.00 bits per heavy atom. The number of hydrogen-bond acceptors (Lipinski definition) is 4. The van der Waals surface area contributed by atoms with E-state index in [1.165, 1.54) is 6.92 Å². The van der Waals surface area contributed by atoms with Crippen LogP contribution in [-0.4, -0.2) is 22.9 Å². The number of hydrogen-bond donors (Lipinski definition) is 2. The van der Waals surface area contributed by atoms with Crippen LogP contribution in [0.4, 0.5) is 5.69 Å². The molecule has 6 heteroatoms. The van der Waals surface area contributed by atoms with E-state index in [0.29, 0.717) is 10.8 Å². The minimum atomic E-state index is -1.06. The average Bonchev–Trinajstić information content (AvgIpc) is 2.70. The standard InChI is InChI=1S/C12H13ClN2O3/c1-6-5-8-10(15-14-7(2)12(16)17)4-3-9(13)11(8)18-6/h3-4,6,15H,5H2,1-2H3,(H,16,17)/b14-7+. The van der Waals surface area contributed by atoms with Gasteiger partial charge in [0, 0.05) is 12.0 Å². The largest absolute Gasteiger partial charge is 0.488 e. The number of carbonyl (C=O) groups is 1. The monoisotopic (exact) mass is 268 g/mol. The summed E-state index contributed by atoms with van der Waals surface area (Å²) in [6.45, 7) is 3.37. The van der Waals surface area contributed by atoms with Crippen molar-refractivity contribution in [2.75, 3.05) is 5.43 Å². The Bertz CT molecular complexity index is 528. The third kappa shape index (κ3) is 2.41. The van der Waals surface area contributed by atoms with Crippen molar-refractivity contribution in [1.29, 1.82) is 0 Å². The number of nitrogens with zero attached hydrogens (tertiary/aromatic N) is 1. The number of benzene rings is 1. The first kappa shape index (κ1) is 12.7. The molecule has 1 atom stereocenters. The number of rotatable bonds is 3. The number of hydrazone groups is 1. The SMILES string of the molecule is C/C(=N\Nc1ccc(Cl)c2c1CC(C)O2)C(=O)O. The van der Waals surface area contributed by atoms with Crippen molar-refractivity contribution in [2.45, 2.75) is 26.4 Å². The summed E-state index contributed by atoms with van der Waals surface area (Å²) in [5.74, 6) is -0.407. The first-order valence-corrected chi connectivity index (χ1v) is 5.88. The highest BCUT2D eigenvalue weighted by Crippen LogP contribution is 2.40. The number of nitrogens with one attached hydrogen (secondary N) is 1. The second-order valence-corrected chi connectivity index (χ2v) is 4.56. The van der Waals surface area contributed by atoms with Crippen LogP contribution in [0.5, 0.6) is 5.75 Å². The number of ether oxygens (including phenoxy) is 1. The number of anilines is 1. The molecule has 1 heterocycles. The van der Waals surface area contributed by atoms with Gasteiger partial charge in [-0.2, -0.15) is 5.10 Å². The molecule has 0 radical (unpaired) electrons. The molecule has 0 bridgehead atoms. The van der Waals surface area contributed by atoms with E-state index in [0.717, 1.165) is 17.7 Å². The molecular formula is C12H13ClN2O3. The summed E-state index contributed by atoms with van der Waals surface area (Å²) < 4.78 is 5.60. The van der Waals surface area contributed by atoms with Gasteiger partial charge in [0.1, 0.15) is 17.6 Å². The summed E-state index contributed by atoms with van der Waals surface area (Å²) in [6, 6.07) is 3.47. The van der Waals surface area contributed by atoms with Gasteiger partial charge in [-0.15, -0.1) is 0 Å². The Hall–Kier alpha value is -1.75. The fourth-order valence-corrected chi connectivity index (χ4v) is 1.98. The maximum atomic E-state index is 10.6. The number of carboxylic acid groups (broad SMARTS) is 1. The van der Waals surface area contributed by atoms with Crippen molar-refractivity contribution < 1.29 is 14.6 Å². The molecule has 0 fully saturated rings. The zero-order valence-electron chi connectivity index (χ0n) is 10.0. The van der Waals surface area contributed by atoms with Crippen molar-refractivity contribution in [3.63, 3.8) is 0 Å². The van der Waals surface area contributed by atoms with Crippen LogP contribution in [0.15, 0.2) is 17.2 Å². The molecule has 0 spiro atoms. The van der Waals surface area contributed by atoms with Crippen LogP contribution in [0.1, 0.15) is 19.4 Å². The van der Waals surface area contributed by atoms with Crippen molar-refractivity contribution in [3.8, 4) is 5.75 Å². The molecule has 2 rings (SSSR count). The van der Waals surface area contributed by atoms with Crippen LogP contribution in [0.2, 0.25) is 5.02 Å². The van der Waals surface area contributed by atoms with Crippen LogP contribution in [0.3, 0.4) is 0 Å². The third-order valence-electron chi connectivity index (χ3n) is 2.68. The Balaban J connectivity index is 2.29. The van der Waals surface area contributed by atoms with E-state index in [1.54, 1.807) is 12.1 Å². The molecule has 1 aromatic carbocycles. The Labute approximate surface area is 109 Å². The highest BCUT2D eigenvalue weighted by molar-refractivity contribution is 6.34. The van der Waals surface area contributed by atoms with E-state index in [1.807, 2.05) is 6.92 Å². The van der Waals surface area contributed by atoms with Gasteiger partial charge in [0.25, 0.3) is 0 Å². The van der Waals surface area contributed by atoms with Gasteiger partial charge in [-0.3, -0.25) is 5.43 Å². The third-order valence-corrected chi connectivity index (χ3v) is 2.97. The molecule has 1 aliphatic rings. The Morgan fingerprint density at radius 2 is 2.33 bits per heavy atom. The van der Waals surface area contributed by atoms with Crippen LogP contribution < -0.4 is 10.2 Å². The van der Waals surface area contributed by atoms with Crippen LogP contribution in [0, 0.1) is 0 Å². The molecule has 0 amide bonds. The summed E-state index contributed by atoms with van der Waals surface area (Å²) in [6.07, 6.45) is 0.782. The Morgan fingerprint density at radius 1 is 1.61 bits per heavy atom. The van der Waals surface area contributed by atoms with Gasteiger partial charge in [-0.1, -0.05) is 11.6 Å². The second kappa shape index (κ2) is 4.86. The molecule has 0 saturated carbocycles. The topological polar surface area (TPSA) is 70.9 Å². The van der Waals surface area contributed by atoms with Crippen molar-refractivity contribution in [2.24, 2.45) is 5.10 Å². The number of fused-ring (bicyclic) bond motifs is 1. The summed E-state index contributed by atoms with van der Waals surface area (Å²) >= 11 is 6.04. The van der Waals surface area contributed by atoms with Gasteiger partial charge < -0.3 is 9.84 Å². The van der Waals surface area contributed by atoms with E-state index in [4.69, 9.17) is 21.4 Å². The lowest BCUT2D eigenvalue weighted by Gasteiger charge is -2.08. The van der Waals surface area contributed by atoms with Crippen molar-refractivity contribution in [1.82, 2.24) is 0 Å². The minimum absolute atomic E-state index is 0.00864. The highest BCUT2D eigenvalue weighted by atomic mass is 35.5. The van der Waals surface area contributed by atoms with Crippen molar-refractivity contribution >= 4 is 29.0 Å². The number of carboxylic acids is 1. The maximum Gasteiger partial charge on any atom is 0.351 e. The van der Waals surface area contributed by atoms with E-state index in [9.17, 15) is 4.79 Å². The molecular weight excluding hydrogens is 256 g/mol. The number of aliphatic carboxylic acids is 1. The predicted octanol–water partition coefficient (Wildman–Crippen LogP) is 2.54. The van der Waals surface area contributed by atoms with Gasteiger partial charge in [-0.05, 0) is 26.0 Å².